The molecule has 5 unspecified atom stereocenters. The minimum absolute atomic E-state index is 0.0533. The molecular formula is C14H18O4. The van der Waals surface area contributed by atoms with E-state index in [9.17, 15) is 9.59 Å². The summed E-state index contributed by atoms with van der Waals surface area (Å²) in [4.78, 5) is 23.2. The second kappa shape index (κ2) is 3.59. The predicted molar refractivity (Wildman–Crippen MR) is 63.5 cm³/mol. The van der Waals surface area contributed by atoms with E-state index >= 15 is 0 Å². The van der Waals surface area contributed by atoms with E-state index < -0.39 is 0 Å². The Kier molecular flexibility index (Phi) is 2.34. The van der Waals surface area contributed by atoms with Crippen molar-refractivity contribution >= 4 is 11.9 Å². The van der Waals surface area contributed by atoms with Gasteiger partial charge in [-0.25, -0.2) is 4.79 Å². The predicted octanol–water partition coefficient (Wildman–Crippen LogP) is 1.69. The normalized spacial score (nSPS) is 44.0. The number of hydrogen-bond acceptors (Lipinski definition) is 4. The molecule has 0 radical (unpaired) electrons. The van der Waals surface area contributed by atoms with Gasteiger partial charge in [-0.1, -0.05) is 13.5 Å². The Morgan fingerprint density at radius 2 is 2.28 bits per heavy atom. The lowest BCUT2D eigenvalue weighted by Crippen LogP contribution is -2.41. The molecule has 1 saturated heterocycles. The minimum atomic E-state index is -0.361. The molecule has 2 bridgehead atoms. The number of rotatable bonds is 3. The number of ether oxygens (including phenoxy) is 2. The highest BCUT2D eigenvalue weighted by molar-refractivity contribution is 5.87. The van der Waals surface area contributed by atoms with Crippen LogP contribution in [0.5, 0.6) is 0 Å². The van der Waals surface area contributed by atoms with Crippen molar-refractivity contribution in [3.63, 3.8) is 0 Å². The molecule has 4 heteroatoms. The number of hydrogen-bond donors (Lipinski definition) is 0. The van der Waals surface area contributed by atoms with Gasteiger partial charge in [-0.3, -0.25) is 4.79 Å². The first kappa shape index (κ1) is 11.8. The zero-order valence-corrected chi connectivity index (χ0v) is 10.8. The van der Waals surface area contributed by atoms with Crippen LogP contribution in [0.1, 0.15) is 26.7 Å². The number of carbonyl (C=O) groups excluding carboxylic acids is 2. The van der Waals surface area contributed by atoms with Crippen LogP contribution in [0.4, 0.5) is 0 Å². The maximum atomic E-state index is 11.7. The molecule has 1 heterocycles. The quantitative estimate of drug-likeness (QED) is 0.565. The molecule has 3 aliphatic rings. The molecule has 0 aromatic rings. The third-order valence-corrected chi connectivity index (χ3v) is 4.99. The van der Waals surface area contributed by atoms with Gasteiger partial charge in [0.2, 0.25) is 0 Å². The van der Waals surface area contributed by atoms with Crippen molar-refractivity contribution in [1.29, 1.82) is 0 Å². The molecule has 3 rings (SSSR count). The first-order chi connectivity index (χ1) is 8.43. The maximum absolute atomic E-state index is 11.7. The molecular weight excluding hydrogens is 232 g/mol. The average Bonchev–Trinajstić information content (AvgIpc) is 2.91. The van der Waals surface area contributed by atoms with Gasteiger partial charge >= 0.3 is 11.9 Å². The molecule has 0 N–H and O–H groups in total. The fraction of sp³-hybridized carbons (Fsp3) is 0.714. The fourth-order valence-electron chi connectivity index (χ4n) is 3.91. The third-order valence-electron chi connectivity index (χ3n) is 4.99. The van der Waals surface area contributed by atoms with Gasteiger partial charge < -0.3 is 9.47 Å². The van der Waals surface area contributed by atoms with Crippen LogP contribution < -0.4 is 0 Å². The van der Waals surface area contributed by atoms with Gasteiger partial charge in [0.05, 0.1) is 5.92 Å². The van der Waals surface area contributed by atoms with E-state index in [1.165, 1.54) is 0 Å². The minimum Gasteiger partial charge on any atom is -0.462 e. The lowest BCUT2D eigenvalue weighted by atomic mass is 9.71. The summed E-state index contributed by atoms with van der Waals surface area (Å²) in [6.07, 6.45) is 1.86. The van der Waals surface area contributed by atoms with E-state index in [-0.39, 0.29) is 29.4 Å². The molecule has 5 atom stereocenters. The smallest absolute Gasteiger partial charge is 0.333 e. The standard InChI is InChI=1S/C14H18O4/c1-7(2)12(15)17-6-14(3)8-4-9-10(5-8)13(16)18-11(9)14/h8-11H,1,4-6H2,2-3H3. The van der Waals surface area contributed by atoms with Crippen LogP contribution in [-0.4, -0.2) is 24.6 Å². The van der Waals surface area contributed by atoms with Crippen molar-refractivity contribution in [1.82, 2.24) is 0 Å². The van der Waals surface area contributed by atoms with E-state index in [2.05, 4.69) is 13.5 Å². The van der Waals surface area contributed by atoms with Crippen molar-refractivity contribution in [2.45, 2.75) is 32.8 Å². The van der Waals surface area contributed by atoms with E-state index in [1.807, 2.05) is 0 Å². The Balaban J connectivity index is 1.74. The van der Waals surface area contributed by atoms with Crippen molar-refractivity contribution in [2.75, 3.05) is 6.61 Å². The van der Waals surface area contributed by atoms with Gasteiger partial charge in [-0.2, -0.15) is 0 Å². The summed E-state index contributed by atoms with van der Waals surface area (Å²) in [5.74, 6) is 0.463. The van der Waals surface area contributed by atoms with Crippen LogP contribution >= 0.6 is 0 Å². The number of carbonyl (C=O) groups is 2. The van der Waals surface area contributed by atoms with E-state index in [4.69, 9.17) is 9.47 Å². The summed E-state index contributed by atoms with van der Waals surface area (Å²) in [5, 5.41) is 0. The number of fused-ring (bicyclic) bond motifs is 1. The highest BCUT2D eigenvalue weighted by Gasteiger charge is 2.67. The van der Waals surface area contributed by atoms with Gasteiger partial charge in [-0.15, -0.1) is 0 Å². The van der Waals surface area contributed by atoms with Crippen LogP contribution in [0.3, 0.4) is 0 Å². The second-order valence-electron chi connectivity index (χ2n) is 6.16. The highest BCUT2D eigenvalue weighted by Crippen LogP contribution is 2.63. The molecule has 2 saturated carbocycles. The van der Waals surface area contributed by atoms with E-state index in [0.29, 0.717) is 24.0 Å². The lowest BCUT2D eigenvalue weighted by molar-refractivity contribution is -0.152. The van der Waals surface area contributed by atoms with Crippen LogP contribution in [0.25, 0.3) is 0 Å². The van der Waals surface area contributed by atoms with Crippen molar-refractivity contribution in [3.8, 4) is 0 Å². The Bertz CT molecular complexity index is 441. The van der Waals surface area contributed by atoms with Crippen molar-refractivity contribution < 1.29 is 19.1 Å². The molecule has 98 valence electrons. The Labute approximate surface area is 106 Å². The van der Waals surface area contributed by atoms with E-state index in [1.54, 1.807) is 6.92 Å². The van der Waals surface area contributed by atoms with Crippen molar-refractivity contribution in [3.05, 3.63) is 12.2 Å². The van der Waals surface area contributed by atoms with Gasteiger partial charge in [0.1, 0.15) is 12.7 Å². The van der Waals surface area contributed by atoms with Crippen LogP contribution in [0.15, 0.2) is 12.2 Å². The van der Waals surface area contributed by atoms with Gasteiger partial charge in [0, 0.05) is 16.9 Å². The summed E-state index contributed by atoms with van der Waals surface area (Å²) in [6.45, 7) is 7.60. The molecule has 18 heavy (non-hydrogen) atoms. The summed E-state index contributed by atoms with van der Waals surface area (Å²) >= 11 is 0. The molecule has 4 nitrogen and oxygen atoms in total. The van der Waals surface area contributed by atoms with E-state index in [0.717, 1.165) is 12.8 Å². The molecule has 1 aliphatic heterocycles. The van der Waals surface area contributed by atoms with Crippen LogP contribution in [-0.2, 0) is 19.1 Å². The summed E-state index contributed by atoms with van der Waals surface area (Å²) in [5.41, 5.74) is 0.196. The zero-order chi connectivity index (χ0) is 13.1. The first-order valence-electron chi connectivity index (χ1n) is 6.46. The monoisotopic (exact) mass is 250 g/mol. The number of esters is 2. The summed E-state index contributed by atoms with van der Waals surface area (Å²) < 4.78 is 10.8. The topological polar surface area (TPSA) is 52.6 Å². The highest BCUT2D eigenvalue weighted by atomic mass is 16.6. The molecule has 0 aromatic heterocycles. The van der Waals surface area contributed by atoms with Crippen LogP contribution in [0.2, 0.25) is 0 Å². The Morgan fingerprint density at radius 3 is 2.94 bits per heavy atom. The molecule has 0 amide bonds. The molecule has 0 spiro atoms. The zero-order valence-electron chi connectivity index (χ0n) is 10.8. The average molecular weight is 250 g/mol. The lowest BCUT2D eigenvalue weighted by Gasteiger charge is -2.36. The molecule has 3 fully saturated rings. The van der Waals surface area contributed by atoms with Gasteiger partial charge in [0.15, 0.2) is 0 Å². The Morgan fingerprint density at radius 1 is 1.56 bits per heavy atom. The summed E-state index contributed by atoms with van der Waals surface area (Å²) in [6, 6.07) is 0. The van der Waals surface area contributed by atoms with Gasteiger partial charge in [-0.05, 0) is 25.7 Å². The largest absolute Gasteiger partial charge is 0.462 e. The summed E-state index contributed by atoms with van der Waals surface area (Å²) in [7, 11) is 0. The first-order valence-corrected chi connectivity index (χ1v) is 6.46. The molecule has 0 aromatic carbocycles. The second-order valence-corrected chi connectivity index (χ2v) is 6.16. The Hall–Kier alpha value is -1.32. The third kappa shape index (κ3) is 1.38. The molecule has 2 aliphatic carbocycles. The van der Waals surface area contributed by atoms with Gasteiger partial charge in [0.25, 0.3) is 0 Å². The SMILES string of the molecule is C=C(C)C(=O)OCC1(C)C2CC3C(=O)OC1C3C2. The van der Waals surface area contributed by atoms with Crippen molar-refractivity contribution in [2.24, 2.45) is 23.2 Å². The fourth-order valence-corrected chi connectivity index (χ4v) is 3.91. The van der Waals surface area contributed by atoms with Crippen LogP contribution in [0, 0.1) is 23.2 Å². The maximum Gasteiger partial charge on any atom is 0.333 e.